The van der Waals surface area contributed by atoms with E-state index in [4.69, 9.17) is 5.11 Å². The molecule has 0 bridgehead atoms. The van der Waals surface area contributed by atoms with E-state index >= 15 is 0 Å². The zero-order valence-electron chi connectivity index (χ0n) is 8.32. The van der Waals surface area contributed by atoms with E-state index in [9.17, 15) is 9.59 Å². The summed E-state index contributed by atoms with van der Waals surface area (Å²) in [7, 11) is 0. The van der Waals surface area contributed by atoms with Gasteiger partial charge >= 0.3 is 11.9 Å². The molecule has 0 aromatic carbocycles. The standard InChI is InChI=1S/C9H9NO4.2Cr/c1-6(8(11)12)14-9(13)7-3-2-4-10-5-7;;/h2-6H,1H3,(H,11,12);;. The number of carbonyl (C=O) groups excluding carboxylic acids is 1. The van der Waals surface area contributed by atoms with Crippen LogP contribution in [0.25, 0.3) is 0 Å². The molecule has 1 unspecified atom stereocenters. The minimum absolute atomic E-state index is 0. The molecule has 5 nitrogen and oxygen atoms in total. The Morgan fingerprint density at radius 2 is 2.06 bits per heavy atom. The van der Waals surface area contributed by atoms with Crippen molar-refractivity contribution in [3.05, 3.63) is 30.1 Å². The van der Waals surface area contributed by atoms with Gasteiger partial charge in [0.05, 0.1) is 5.56 Å². The van der Waals surface area contributed by atoms with E-state index in [0.717, 1.165) is 0 Å². The van der Waals surface area contributed by atoms with Crippen LogP contribution in [0.4, 0.5) is 0 Å². The molecule has 0 amide bonds. The predicted molar refractivity (Wildman–Crippen MR) is 46.8 cm³/mol. The summed E-state index contributed by atoms with van der Waals surface area (Å²) in [5.74, 6) is -1.87. The first kappa shape index (κ1) is 17.5. The van der Waals surface area contributed by atoms with E-state index in [1.807, 2.05) is 0 Å². The van der Waals surface area contributed by atoms with Crippen LogP contribution in [0.3, 0.4) is 0 Å². The molecule has 0 aliphatic rings. The number of rotatable bonds is 3. The third kappa shape index (κ3) is 5.30. The monoisotopic (exact) mass is 299 g/mol. The van der Waals surface area contributed by atoms with Crippen LogP contribution >= 0.6 is 0 Å². The number of ether oxygens (including phenoxy) is 1. The van der Waals surface area contributed by atoms with E-state index in [2.05, 4.69) is 9.72 Å². The number of aromatic nitrogens is 1. The van der Waals surface area contributed by atoms with Gasteiger partial charge in [0.15, 0.2) is 6.10 Å². The maximum atomic E-state index is 11.2. The second-order valence-corrected chi connectivity index (χ2v) is 2.63. The summed E-state index contributed by atoms with van der Waals surface area (Å²) in [4.78, 5) is 25.3. The summed E-state index contributed by atoms with van der Waals surface area (Å²) in [6, 6.07) is 3.08. The SMILES string of the molecule is CC(OC(=O)c1cccnc1)C(=O)O.[Cr].[Cr]. The van der Waals surface area contributed by atoms with E-state index in [1.54, 1.807) is 6.07 Å². The van der Waals surface area contributed by atoms with E-state index in [0.29, 0.717) is 0 Å². The first-order valence-corrected chi connectivity index (χ1v) is 3.95. The van der Waals surface area contributed by atoms with Crippen LogP contribution in [0, 0.1) is 0 Å². The van der Waals surface area contributed by atoms with Gasteiger partial charge in [0.2, 0.25) is 0 Å². The van der Waals surface area contributed by atoms with Gasteiger partial charge in [-0.25, -0.2) is 9.59 Å². The Hall–Kier alpha value is -0.845. The molecule has 0 fully saturated rings. The van der Waals surface area contributed by atoms with Gasteiger partial charge in [-0.3, -0.25) is 4.98 Å². The van der Waals surface area contributed by atoms with Gasteiger partial charge in [-0.1, -0.05) is 0 Å². The summed E-state index contributed by atoms with van der Waals surface area (Å²) in [5, 5.41) is 8.48. The van der Waals surface area contributed by atoms with Gasteiger partial charge in [-0.15, -0.1) is 0 Å². The fraction of sp³-hybridized carbons (Fsp3) is 0.222. The number of hydrogen-bond donors (Lipinski definition) is 1. The second kappa shape index (κ2) is 8.32. The fourth-order valence-electron chi connectivity index (χ4n) is 0.763. The third-order valence-corrected chi connectivity index (χ3v) is 1.53. The Morgan fingerprint density at radius 1 is 1.44 bits per heavy atom. The van der Waals surface area contributed by atoms with Crippen LogP contribution in [0.1, 0.15) is 17.3 Å². The molecule has 0 radical (unpaired) electrons. The van der Waals surface area contributed by atoms with Crippen molar-refractivity contribution in [1.29, 1.82) is 0 Å². The molecule has 86 valence electrons. The minimum Gasteiger partial charge on any atom is -0.479 e. The van der Waals surface area contributed by atoms with Gasteiger partial charge in [0.1, 0.15) is 0 Å². The fourth-order valence-corrected chi connectivity index (χ4v) is 0.763. The maximum absolute atomic E-state index is 11.2. The van der Waals surface area contributed by atoms with Crippen LogP contribution in [-0.2, 0) is 44.3 Å². The van der Waals surface area contributed by atoms with Crippen molar-refractivity contribution in [2.75, 3.05) is 0 Å². The molecule has 0 saturated heterocycles. The molecule has 0 spiro atoms. The van der Waals surface area contributed by atoms with Gasteiger partial charge in [0, 0.05) is 47.1 Å². The Labute approximate surface area is 114 Å². The molecule has 7 heteroatoms. The average Bonchev–Trinajstić information content (AvgIpc) is 2.19. The molecular formula is C9H9Cr2NO4. The summed E-state index contributed by atoms with van der Waals surface area (Å²) < 4.78 is 4.62. The third-order valence-electron chi connectivity index (χ3n) is 1.53. The quantitative estimate of drug-likeness (QED) is 0.832. The molecule has 1 rings (SSSR count). The Bertz CT molecular complexity index is 345. The van der Waals surface area contributed by atoms with E-state index in [1.165, 1.54) is 25.4 Å². The summed E-state index contributed by atoms with van der Waals surface area (Å²) in [5.41, 5.74) is 0.237. The second-order valence-electron chi connectivity index (χ2n) is 2.63. The van der Waals surface area contributed by atoms with Crippen molar-refractivity contribution in [2.45, 2.75) is 13.0 Å². The van der Waals surface area contributed by atoms with Crippen LogP contribution in [-0.4, -0.2) is 28.1 Å². The average molecular weight is 299 g/mol. The smallest absolute Gasteiger partial charge is 0.344 e. The Balaban J connectivity index is 0. The summed E-state index contributed by atoms with van der Waals surface area (Å²) in [6.07, 6.45) is 1.68. The first-order chi connectivity index (χ1) is 6.61. The molecule has 1 N–H and O–H groups in total. The molecule has 1 aromatic heterocycles. The number of aliphatic carboxylic acids is 1. The van der Waals surface area contributed by atoms with Crippen molar-refractivity contribution >= 4 is 11.9 Å². The molecule has 0 saturated carbocycles. The molecule has 1 atom stereocenters. The minimum atomic E-state index is -1.18. The summed E-state index contributed by atoms with van der Waals surface area (Å²) in [6.45, 7) is 1.29. The molecule has 16 heavy (non-hydrogen) atoms. The van der Waals surface area contributed by atoms with Crippen molar-refractivity contribution in [3.63, 3.8) is 0 Å². The molecule has 0 aliphatic heterocycles. The zero-order chi connectivity index (χ0) is 10.6. The molecule has 0 aliphatic carbocycles. The molecular weight excluding hydrogens is 290 g/mol. The molecule has 1 aromatic rings. The normalized spacial score (nSPS) is 10.3. The van der Waals surface area contributed by atoms with Crippen molar-refractivity contribution in [1.82, 2.24) is 4.98 Å². The summed E-state index contributed by atoms with van der Waals surface area (Å²) >= 11 is 0. The number of carboxylic acid groups (broad SMARTS) is 1. The number of hydrogen-bond acceptors (Lipinski definition) is 4. The predicted octanol–water partition coefficient (Wildman–Crippen LogP) is 0.707. The van der Waals surface area contributed by atoms with Crippen LogP contribution < -0.4 is 0 Å². The Morgan fingerprint density at radius 3 is 2.50 bits per heavy atom. The number of nitrogens with zero attached hydrogens (tertiary/aromatic N) is 1. The number of carbonyl (C=O) groups is 2. The van der Waals surface area contributed by atoms with Crippen LogP contribution in [0.15, 0.2) is 24.5 Å². The maximum Gasteiger partial charge on any atom is 0.344 e. The van der Waals surface area contributed by atoms with E-state index in [-0.39, 0.29) is 40.3 Å². The van der Waals surface area contributed by atoms with Gasteiger partial charge in [-0.2, -0.15) is 0 Å². The first-order valence-electron chi connectivity index (χ1n) is 3.95. The van der Waals surface area contributed by atoms with Gasteiger partial charge < -0.3 is 9.84 Å². The van der Waals surface area contributed by atoms with Crippen molar-refractivity contribution in [3.8, 4) is 0 Å². The van der Waals surface area contributed by atoms with Crippen LogP contribution in [0.2, 0.25) is 0 Å². The van der Waals surface area contributed by atoms with Gasteiger partial charge in [0.25, 0.3) is 0 Å². The Kier molecular flexibility index (Phi) is 9.13. The number of carboxylic acids is 1. The van der Waals surface area contributed by atoms with E-state index < -0.39 is 18.0 Å². The van der Waals surface area contributed by atoms with Crippen molar-refractivity contribution in [2.24, 2.45) is 0 Å². The number of pyridine rings is 1. The number of esters is 1. The zero-order valence-corrected chi connectivity index (χ0v) is 10.9. The van der Waals surface area contributed by atoms with Crippen LogP contribution in [0.5, 0.6) is 0 Å². The van der Waals surface area contributed by atoms with Gasteiger partial charge in [-0.05, 0) is 19.1 Å². The topological polar surface area (TPSA) is 76.5 Å². The largest absolute Gasteiger partial charge is 0.479 e. The molecule has 1 heterocycles. The van der Waals surface area contributed by atoms with Crippen molar-refractivity contribution < 1.29 is 54.2 Å².